The van der Waals surface area contributed by atoms with Gasteiger partial charge in [0.15, 0.2) is 0 Å². The maximum Gasteiger partial charge on any atom is 0.251 e. The van der Waals surface area contributed by atoms with Crippen molar-refractivity contribution >= 4 is 29.1 Å². The average Bonchev–Trinajstić information content (AvgIpc) is 2.62. The maximum atomic E-state index is 12.6. The first-order valence-electron chi connectivity index (χ1n) is 8.49. The molecule has 1 N–H and O–H groups in total. The number of carbonyl (C=O) groups excluding carboxylic acids is 2. The average molecular weight is 357 g/mol. The maximum absolute atomic E-state index is 12.6. The minimum Gasteiger partial charge on any atom is -0.352 e. The van der Waals surface area contributed by atoms with Crippen LogP contribution in [0.4, 0.5) is 5.69 Å². The molecule has 2 amide bonds. The Morgan fingerprint density at radius 1 is 1.16 bits per heavy atom. The number of nitrogens with one attached hydrogen (secondary N) is 1. The summed E-state index contributed by atoms with van der Waals surface area (Å²) in [6, 6.07) is 14.7. The molecule has 4 nitrogen and oxygen atoms in total. The zero-order valence-corrected chi connectivity index (χ0v) is 14.9. The first kappa shape index (κ1) is 17.5. The van der Waals surface area contributed by atoms with Gasteiger partial charge in [0.05, 0.1) is 0 Å². The van der Waals surface area contributed by atoms with E-state index in [4.69, 9.17) is 11.6 Å². The zero-order valence-electron chi connectivity index (χ0n) is 14.2. The lowest BCUT2D eigenvalue weighted by Crippen LogP contribution is -2.38. The van der Waals surface area contributed by atoms with Gasteiger partial charge in [0.1, 0.15) is 0 Å². The van der Waals surface area contributed by atoms with Gasteiger partial charge in [-0.05, 0) is 48.2 Å². The SMILES string of the molecule is CC1CCN(C(=O)CCNC(=O)c2ccc(Cl)cc2)c2ccccc21. The first-order chi connectivity index (χ1) is 12.1. The number of carbonyl (C=O) groups is 2. The van der Waals surface area contributed by atoms with Gasteiger partial charge in [-0.25, -0.2) is 0 Å². The molecule has 0 bridgehead atoms. The number of para-hydroxylation sites is 1. The Morgan fingerprint density at radius 3 is 2.64 bits per heavy atom. The molecular formula is C20H21ClN2O2. The Bertz CT molecular complexity index is 774. The molecular weight excluding hydrogens is 336 g/mol. The van der Waals surface area contributed by atoms with Crippen LogP contribution >= 0.6 is 11.6 Å². The lowest BCUT2D eigenvalue weighted by molar-refractivity contribution is -0.118. The molecule has 130 valence electrons. The summed E-state index contributed by atoms with van der Waals surface area (Å²) in [5.74, 6) is 0.303. The van der Waals surface area contributed by atoms with Crippen molar-refractivity contribution in [1.82, 2.24) is 5.32 Å². The molecule has 0 fully saturated rings. The Kier molecular flexibility index (Phi) is 5.39. The standard InChI is InChI=1S/C20H21ClN2O2/c1-14-11-13-23(18-5-3-2-4-17(14)18)19(24)10-12-22-20(25)15-6-8-16(21)9-7-15/h2-9,14H,10-13H2,1H3,(H,22,25). The largest absolute Gasteiger partial charge is 0.352 e. The normalized spacial score (nSPS) is 16.2. The Labute approximate surface area is 152 Å². The van der Waals surface area contributed by atoms with Crippen LogP contribution in [0.3, 0.4) is 0 Å². The van der Waals surface area contributed by atoms with Crippen molar-refractivity contribution in [2.24, 2.45) is 0 Å². The van der Waals surface area contributed by atoms with Gasteiger partial charge in [0.2, 0.25) is 5.91 Å². The van der Waals surface area contributed by atoms with Crippen LogP contribution in [0.25, 0.3) is 0 Å². The smallest absolute Gasteiger partial charge is 0.251 e. The van der Waals surface area contributed by atoms with Gasteiger partial charge in [0.25, 0.3) is 5.91 Å². The topological polar surface area (TPSA) is 49.4 Å². The van der Waals surface area contributed by atoms with Crippen LogP contribution in [0, 0.1) is 0 Å². The highest BCUT2D eigenvalue weighted by Crippen LogP contribution is 2.34. The monoisotopic (exact) mass is 356 g/mol. The van der Waals surface area contributed by atoms with E-state index in [0.717, 1.165) is 18.7 Å². The van der Waals surface area contributed by atoms with Crippen molar-refractivity contribution in [2.45, 2.75) is 25.7 Å². The van der Waals surface area contributed by atoms with E-state index in [9.17, 15) is 9.59 Å². The van der Waals surface area contributed by atoms with Crippen LogP contribution in [-0.2, 0) is 4.79 Å². The van der Waals surface area contributed by atoms with Crippen LogP contribution in [0.2, 0.25) is 5.02 Å². The summed E-state index contributed by atoms with van der Waals surface area (Å²) >= 11 is 5.82. The second-order valence-corrected chi connectivity index (χ2v) is 6.74. The number of rotatable bonds is 4. The predicted octanol–water partition coefficient (Wildman–Crippen LogP) is 4.00. The van der Waals surface area contributed by atoms with Crippen LogP contribution in [0.1, 0.15) is 41.6 Å². The number of hydrogen-bond donors (Lipinski definition) is 1. The van der Waals surface area contributed by atoms with Gasteiger partial charge < -0.3 is 10.2 Å². The first-order valence-corrected chi connectivity index (χ1v) is 8.87. The highest BCUT2D eigenvalue weighted by molar-refractivity contribution is 6.30. The molecule has 0 saturated heterocycles. The molecule has 0 radical (unpaired) electrons. The molecule has 0 aromatic heterocycles. The number of nitrogens with zero attached hydrogens (tertiary/aromatic N) is 1. The summed E-state index contributed by atoms with van der Waals surface area (Å²) in [5, 5.41) is 3.38. The van der Waals surface area contributed by atoms with Crippen molar-refractivity contribution in [3.05, 3.63) is 64.7 Å². The summed E-state index contributed by atoms with van der Waals surface area (Å²) in [6.45, 7) is 3.23. The number of fused-ring (bicyclic) bond motifs is 1. The van der Waals surface area contributed by atoms with Crippen LogP contribution in [0.15, 0.2) is 48.5 Å². The van der Waals surface area contributed by atoms with Gasteiger partial charge in [-0.3, -0.25) is 9.59 Å². The molecule has 3 rings (SSSR count). The van der Waals surface area contributed by atoms with E-state index in [0.29, 0.717) is 23.0 Å². The molecule has 5 heteroatoms. The fraction of sp³-hybridized carbons (Fsp3) is 0.300. The summed E-state index contributed by atoms with van der Waals surface area (Å²) in [5.41, 5.74) is 2.75. The van der Waals surface area contributed by atoms with Gasteiger partial charge in [-0.1, -0.05) is 36.7 Å². The van der Waals surface area contributed by atoms with E-state index in [1.165, 1.54) is 5.56 Å². The Balaban J connectivity index is 1.57. The van der Waals surface area contributed by atoms with Crippen LogP contribution in [-0.4, -0.2) is 24.9 Å². The molecule has 25 heavy (non-hydrogen) atoms. The minimum absolute atomic E-state index is 0.0377. The summed E-state index contributed by atoms with van der Waals surface area (Å²) in [4.78, 5) is 26.5. The van der Waals surface area contributed by atoms with E-state index < -0.39 is 0 Å². The quantitative estimate of drug-likeness (QED) is 0.900. The molecule has 2 aromatic rings. The van der Waals surface area contributed by atoms with Gasteiger partial charge >= 0.3 is 0 Å². The van der Waals surface area contributed by atoms with Crippen LogP contribution < -0.4 is 10.2 Å². The molecule has 1 heterocycles. The van der Waals surface area contributed by atoms with Gasteiger partial charge in [-0.2, -0.15) is 0 Å². The van der Waals surface area contributed by atoms with Crippen molar-refractivity contribution < 1.29 is 9.59 Å². The third kappa shape index (κ3) is 4.02. The molecule has 1 aliphatic rings. The van der Waals surface area contributed by atoms with Crippen molar-refractivity contribution in [1.29, 1.82) is 0 Å². The third-order valence-corrected chi connectivity index (χ3v) is 4.83. The van der Waals surface area contributed by atoms with Crippen LogP contribution in [0.5, 0.6) is 0 Å². The van der Waals surface area contributed by atoms with E-state index >= 15 is 0 Å². The van der Waals surface area contributed by atoms with E-state index in [-0.39, 0.29) is 18.2 Å². The summed E-state index contributed by atoms with van der Waals surface area (Å²) in [6.07, 6.45) is 1.24. The number of amides is 2. The number of halogens is 1. The summed E-state index contributed by atoms with van der Waals surface area (Å²) < 4.78 is 0. The molecule has 1 atom stereocenters. The van der Waals surface area contributed by atoms with Gasteiger partial charge in [0, 0.05) is 35.8 Å². The van der Waals surface area contributed by atoms with E-state index in [1.54, 1.807) is 24.3 Å². The molecule has 0 saturated carbocycles. The Morgan fingerprint density at radius 2 is 1.88 bits per heavy atom. The molecule has 1 aliphatic heterocycles. The highest BCUT2D eigenvalue weighted by atomic mass is 35.5. The predicted molar refractivity (Wildman–Crippen MR) is 100 cm³/mol. The highest BCUT2D eigenvalue weighted by Gasteiger charge is 2.25. The van der Waals surface area contributed by atoms with Crippen molar-refractivity contribution in [3.8, 4) is 0 Å². The zero-order chi connectivity index (χ0) is 17.8. The minimum atomic E-state index is -0.197. The Hall–Kier alpha value is -2.33. The molecule has 0 spiro atoms. The number of benzene rings is 2. The van der Waals surface area contributed by atoms with E-state index in [2.05, 4.69) is 18.3 Å². The second kappa shape index (κ2) is 7.70. The molecule has 1 unspecified atom stereocenters. The lowest BCUT2D eigenvalue weighted by atomic mass is 9.91. The third-order valence-electron chi connectivity index (χ3n) is 4.58. The fourth-order valence-corrected chi connectivity index (χ4v) is 3.26. The van der Waals surface area contributed by atoms with Gasteiger partial charge in [-0.15, -0.1) is 0 Å². The van der Waals surface area contributed by atoms with E-state index in [1.807, 2.05) is 23.1 Å². The molecule has 2 aromatic carbocycles. The van der Waals surface area contributed by atoms with Crippen molar-refractivity contribution in [2.75, 3.05) is 18.0 Å². The number of hydrogen-bond acceptors (Lipinski definition) is 2. The second-order valence-electron chi connectivity index (χ2n) is 6.31. The summed E-state index contributed by atoms with van der Waals surface area (Å²) in [7, 11) is 0. The van der Waals surface area contributed by atoms with Crippen molar-refractivity contribution in [3.63, 3.8) is 0 Å². The molecule has 0 aliphatic carbocycles. The number of anilines is 1. The lowest BCUT2D eigenvalue weighted by Gasteiger charge is -2.33. The fourth-order valence-electron chi connectivity index (χ4n) is 3.13.